The summed E-state index contributed by atoms with van der Waals surface area (Å²) >= 11 is 6.33. The van der Waals surface area contributed by atoms with Gasteiger partial charge in [0.05, 0.1) is 7.11 Å². The van der Waals surface area contributed by atoms with E-state index >= 15 is 0 Å². The fourth-order valence-electron chi connectivity index (χ4n) is 2.59. The lowest BCUT2D eigenvalue weighted by atomic mass is 9.84. The molecule has 0 unspecified atom stereocenters. The summed E-state index contributed by atoms with van der Waals surface area (Å²) in [4.78, 5) is 22.3. The Balaban J connectivity index is 2.14. The first kappa shape index (κ1) is 14.5. The second-order valence-electron chi connectivity index (χ2n) is 5.02. The van der Waals surface area contributed by atoms with Crippen molar-refractivity contribution >= 4 is 29.4 Å². The average Bonchev–Trinajstić information content (AvgIpc) is 2.58. The molecule has 0 N–H and O–H groups in total. The third-order valence-electron chi connectivity index (χ3n) is 3.75. The summed E-state index contributed by atoms with van der Waals surface area (Å²) in [6.45, 7) is 0. The van der Waals surface area contributed by atoms with Gasteiger partial charge in [-0.25, -0.2) is 4.79 Å². The molecule has 22 heavy (non-hydrogen) atoms. The van der Waals surface area contributed by atoms with Crippen molar-refractivity contribution in [1.29, 1.82) is 0 Å². The van der Waals surface area contributed by atoms with E-state index in [1.807, 2.05) is 42.5 Å². The van der Waals surface area contributed by atoms with Crippen LogP contribution in [0.15, 0.2) is 54.6 Å². The van der Waals surface area contributed by atoms with Crippen molar-refractivity contribution in [1.82, 2.24) is 0 Å². The minimum absolute atomic E-state index is 0.452. The Labute approximate surface area is 133 Å². The molecule has 0 aliphatic heterocycles. The lowest BCUT2D eigenvalue weighted by Crippen LogP contribution is -2.40. The molecular weight excluding hydrogens is 300 g/mol. The van der Waals surface area contributed by atoms with Gasteiger partial charge in [0, 0.05) is 0 Å². The highest BCUT2D eigenvalue weighted by Gasteiger charge is 2.48. The van der Waals surface area contributed by atoms with E-state index in [0.29, 0.717) is 5.56 Å². The largest absolute Gasteiger partial charge is 0.467 e. The molecule has 0 radical (unpaired) electrons. The zero-order valence-corrected chi connectivity index (χ0v) is 12.6. The number of methoxy groups -OCH3 is 1. The molecule has 1 aliphatic carbocycles. The van der Waals surface area contributed by atoms with Crippen molar-refractivity contribution in [3.05, 3.63) is 65.7 Å². The highest BCUT2D eigenvalue weighted by Crippen LogP contribution is 2.39. The molecule has 0 saturated heterocycles. The Morgan fingerprint density at radius 1 is 1.05 bits per heavy atom. The molecule has 2 aromatic carbocycles. The van der Waals surface area contributed by atoms with E-state index in [-0.39, 0.29) is 0 Å². The Bertz CT molecular complexity index is 780. The molecule has 0 heterocycles. The van der Waals surface area contributed by atoms with Crippen molar-refractivity contribution in [2.45, 2.75) is 4.87 Å². The third-order valence-corrected chi connectivity index (χ3v) is 4.29. The molecule has 0 amide bonds. The lowest BCUT2D eigenvalue weighted by Gasteiger charge is -2.27. The summed E-state index contributed by atoms with van der Waals surface area (Å²) in [5.74, 6) is -1.25. The summed E-state index contributed by atoms with van der Waals surface area (Å²) in [6.07, 6.45) is 2.99. The first-order chi connectivity index (χ1) is 10.6. The van der Waals surface area contributed by atoms with Crippen molar-refractivity contribution in [3.63, 3.8) is 0 Å². The standard InChI is InChI=1S/C18H13ClO3/c1-22-17(21)18(19)15-9-7-13(12-5-3-2-4-6-12)11-14(15)8-10-16(18)20/h2-11H,1H3/t18-/m1/s1. The normalized spacial score (nSPS) is 19.6. The van der Waals surface area contributed by atoms with Gasteiger partial charge in [-0.15, -0.1) is 0 Å². The number of ether oxygens (including phenoxy) is 1. The average molecular weight is 313 g/mol. The summed E-state index contributed by atoms with van der Waals surface area (Å²) in [6, 6.07) is 15.3. The molecule has 0 spiro atoms. The maximum Gasteiger partial charge on any atom is 0.339 e. The van der Waals surface area contributed by atoms with Gasteiger partial charge < -0.3 is 4.74 Å². The summed E-state index contributed by atoms with van der Waals surface area (Å²) < 4.78 is 4.71. The van der Waals surface area contributed by atoms with Crippen LogP contribution in [-0.2, 0) is 19.2 Å². The van der Waals surface area contributed by atoms with Gasteiger partial charge in [-0.05, 0) is 34.4 Å². The van der Waals surface area contributed by atoms with Crippen molar-refractivity contribution in [3.8, 4) is 11.1 Å². The van der Waals surface area contributed by atoms with Crippen LogP contribution in [0.2, 0.25) is 0 Å². The molecule has 1 aliphatic rings. The number of ketones is 1. The number of alkyl halides is 1. The van der Waals surface area contributed by atoms with Crippen LogP contribution in [0.4, 0.5) is 0 Å². The van der Waals surface area contributed by atoms with E-state index in [2.05, 4.69) is 0 Å². The van der Waals surface area contributed by atoms with Gasteiger partial charge in [-0.2, -0.15) is 0 Å². The van der Waals surface area contributed by atoms with E-state index in [1.54, 1.807) is 12.1 Å². The minimum atomic E-state index is -1.80. The molecule has 110 valence electrons. The number of esters is 1. The monoisotopic (exact) mass is 312 g/mol. The zero-order chi connectivity index (χ0) is 15.7. The van der Waals surface area contributed by atoms with Gasteiger partial charge in [0.25, 0.3) is 0 Å². The van der Waals surface area contributed by atoms with Crippen LogP contribution in [0.5, 0.6) is 0 Å². The number of carbonyl (C=O) groups excluding carboxylic acids is 2. The Hall–Kier alpha value is -2.39. The SMILES string of the molecule is COC(=O)[C@]1(Cl)C(=O)C=Cc2cc(-c3ccccc3)ccc21. The second-order valence-corrected chi connectivity index (χ2v) is 5.58. The Morgan fingerprint density at radius 3 is 2.45 bits per heavy atom. The number of halogens is 1. The smallest absolute Gasteiger partial charge is 0.339 e. The fourth-order valence-corrected chi connectivity index (χ4v) is 2.90. The number of fused-ring (bicyclic) bond motifs is 1. The first-order valence-electron chi connectivity index (χ1n) is 6.77. The Morgan fingerprint density at radius 2 is 1.77 bits per heavy atom. The number of rotatable bonds is 2. The van der Waals surface area contributed by atoms with E-state index in [1.165, 1.54) is 13.2 Å². The molecule has 3 nitrogen and oxygen atoms in total. The quantitative estimate of drug-likeness (QED) is 0.484. The topological polar surface area (TPSA) is 43.4 Å². The zero-order valence-electron chi connectivity index (χ0n) is 11.9. The van der Waals surface area contributed by atoms with Crippen LogP contribution in [-0.4, -0.2) is 18.9 Å². The highest BCUT2D eigenvalue weighted by molar-refractivity contribution is 6.48. The van der Waals surface area contributed by atoms with Crippen LogP contribution in [0, 0.1) is 0 Å². The Kier molecular flexibility index (Phi) is 3.59. The molecule has 0 fully saturated rings. The van der Waals surface area contributed by atoms with Crippen LogP contribution >= 0.6 is 11.6 Å². The van der Waals surface area contributed by atoms with E-state index in [4.69, 9.17) is 16.3 Å². The number of benzene rings is 2. The number of carbonyl (C=O) groups is 2. The van der Waals surface area contributed by atoms with Gasteiger partial charge in [0.15, 0.2) is 5.78 Å². The first-order valence-corrected chi connectivity index (χ1v) is 7.15. The summed E-state index contributed by atoms with van der Waals surface area (Å²) in [5, 5.41) is 0. The van der Waals surface area contributed by atoms with Crippen LogP contribution in [0.3, 0.4) is 0 Å². The van der Waals surface area contributed by atoms with Crippen LogP contribution in [0.25, 0.3) is 17.2 Å². The van der Waals surface area contributed by atoms with Gasteiger partial charge in [-0.1, -0.05) is 60.1 Å². The second kappa shape index (κ2) is 5.43. The summed E-state index contributed by atoms with van der Waals surface area (Å²) in [7, 11) is 1.22. The summed E-state index contributed by atoms with van der Waals surface area (Å²) in [5.41, 5.74) is 3.23. The van der Waals surface area contributed by atoms with Crippen LogP contribution < -0.4 is 0 Å². The predicted molar refractivity (Wildman–Crippen MR) is 85.5 cm³/mol. The minimum Gasteiger partial charge on any atom is -0.467 e. The molecule has 0 saturated carbocycles. The van der Waals surface area contributed by atoms with Crippen molar-refractivity contribution in [2.75, 3.05) is 7.11 Å². The highest BCUT2D eigenvalue weighted by atomic mass is 35.5. The van der Waals surface area contributed by atoms with Gasteiger partial charge in [0.2, 0.25) is 4.87 Å². The fraction of sp³-hybridized carbons (Fsp3) is 0.111. The molecule has 3 rings (SSSR count). The molecular formula is C18H13ClO3. The number of hydrogen-bond acceptors (Lipinski definition) is 3. The van der Waals surface area contributed by atoms with Gasteiger partial charge in [-0.3, -0.25) is 4.79 Å². The predicted octanol–water partition coefficient (Wildman–Crippen LogP) is 3.56. The van der Waals surface area contributed by atoms with Gasteiger partial charge >= 0.3 is 5.97 Å². The molecule has 0 bridgehead atoms. The van der Waals surface area contributed by atoms with Gasteiger partial charge in [0.1, 0.15) is 0 Å². The molecule has 1 atom stereocenters. The van der Waals surface area contributed by atoms with E-state index in [9.17, 15) is 9.59 Å². The molecule has 0 aromatic heterocycles. The van der Waals surface area contributed by atoms with Crippen molar-refractivity contribution in [2.24, 2.45) is 0 Å². The number of hydrogen-bond donors (Lipinski definition) is 0. The third kappa shape index (κ3) is 2.14. The van der Waals surface area contributed by atoms with E-state index < -0.39 is 16.6 Å². The lowest BCUT2D eigenvalue weighted by molar-refractivity contribution is -0.146. The van der Waals surface area contributed by atoms with Crippen molar-refractivity contribution < 1.29 is 14.3 Å². The molecule has 2 aromatic rings. The van der Waals surface area contributed by atoms with Crippen LogP contribution in [0.1, 0.15) is 11.1 Å². The maximum absolute atomic E-state index is 12.1. The van der Waals surface area contributed by atoms with E-state index in [0.717, 1.165) is 16.7 Å². The molecule has 4 heteroatoms. The number of allylic oxidation sites excluding steroid dienone is 1. The maximum atomic E-state index is 12.1.